The summed E-state index contributed by atoms with van der Waals surface area (Å²) >= 11 is 0. The minimum absolute atomic E-state index is 0.196. The highest BCUT2D eigenvalue weighted by Gasteiger charge is 2.47. The molecule has 3 amide bonds. The van der Waals surface area contributed by atoms with E-state index < -0.39 is 5.54 Å². The number of hydrogen-bond acceptors (Lipinski definition) is 4. The molecule has 1 unspecified atom stereocenters. The highest BCUT2D eigenvalue weighted by atomic mass is 16.5. The monoisotopic (exact) mass is 329 g/mol. The number of hydrogen-bond donors (Lipinski definition) is 1. The number of rotatable bonds is 7. The van der Waals surface area contributed by atoms with Crippen LogP contribution in [0.4, 0.5) is 4.79 Å². The van der Waals surface area contributed by atoms with Gasteiger partial charge in [0.2, 0.25) is 0 Å². The number of nitrogens with zero attached hydrogens (tertiary/aromatic N) is 2. The maximum atomic E-state index is 12.5. The van der Waals surface area contributed by atoms with E-state index >= 15 is 0 Å². The fourth-order valence-corrected chi connectivity index (χ4v) is 2.58. The van der Waals surface area contributed by atoms with E-state index in [1.165, 1.54) is 4.90 Å². The number of ether oxygens (including phenoxy) is 1. The highest BCUT2D eigenvalue weighted by molar-refractivity contribution is 6.06. The molecule has 1 atom stereocenters. The first kappa shape index (κ1) is 17.8. The maximum absolute atomic E-state index is 12.5. The molecule has 0 radical (unpaired) electrons. The molecular weight excluding hydrogens is 306 g/mol. The van der Waals surface area contributed by atoms with Crippen molar-refractivity contribution in [1.29, 1.82) is 5.26 Å². The Hall–Kier alpha value is -2.55. The Labute approximate surface area is 142 Å². The molecule has 2 rings (SSSR count). The normalized spacial score (nSPS) is 20.2. The SMILES string of the molecule is CC(C)CCC1(C)NC(=O)N(CCOc2ccc(C#N)cc2)C1=O. The molecule has 128 valence electrons. The summed E-state index contributed by atoms with van der Waals surface area (Å²) in [6, 6.07) is 8.37. The number of benzene rings is 1. The first-order chi connectivity index (χ1) is 11.4. The lowest BCUT2D eigenvalue weighted by Gasteiger charge is -2.22. The van der Waals surface area contributed by atoms with Gasteiger partial charge < -0.3 is 10.1 Å². The Balaban J connectivity index is 1.89. The molecule has 1 N–H and O–H groups in total. The second-order valence-electron chi connectivity index (χ2n) is 6.64. The van der Waals surface area contributed by atoms with Crippen LogP contribution < -0.4 is 10.1 Å². The van der Waals surface area contributed by atoms with Gasteiger partial charge in [-0.1, -0.05) is 13.8 Å². The Morgan fingerprint density at radius 2 is 1.96 bits per heavy atom. The van der Waals surface area contributed by atoms with Crippen molar-refractivity contribution in [2.24, 2.45) is 5.92 Å². The third kappa shape index (κ3) is 4.05. The van der Waals surface area contributed by atoms with Crippen LogP contribution in [-0.2, 0) is 4.79 Å². The first-order valence-electron chi connectivity index (χ1n) is 8.13. The third-order valence-electron chi connectivity index (χ3n) is 4.13. The molecule has 24 heavy (non-hydrogen) atoms. The van der Waals surface area contributed by atoms with Crippen molar-refractivity contribution in [3.05, 3.63) is 29.8 Å². The van der Waals surface area contributed by atoms with Crippen LogP contribution >= 0.6 is 0 Å². The predicted octanol–water partition coefficient (Wildman–Crippen LogP) is 2.68. The number of carbonyl (C=O) groups is 2. The van der Waals surface area contributed by atoms with Gasteiger partial charge in [0.1, 0.15) is 17.9 Å². The van der Waals surface area contributed by atoms with Gasteiger partial charge in [-0.2, -0.15) is 5.26 Å². The first-order valence-corrected chi connectivity index (χ1v) is 8.13. The summed E-state index contributed by atoms with van der Waals surface area (Å²) in [6.07, 6.45) is 1.50. The summed E-state index contributed by atoms with van der Waals surface area (Å²) in [5.41, 5.74) is -0.270. The average Bonchev–Trinajstić information content (AvgIpc) is 2.77. The van der Waals surface area contributed by atoms with Crippen LogP contribution in [0, 0.1) is 17.2 Å². The molecule has 1 saturated heterocycles. The lowest BCUT2D eigenvalue weighted by atomic mass is 9.92. The number of nitriles is 1. The van der Waals surface area contributed by atoms with Gasteiger partial charge in [-0.05, 0) is 49.9 Å². The molecule has 1 fully saturated rings. The van der Waals surface area contributed by atoms with Gasteiger partial charge in [-0.25, -0.2) is 4.79 Å². The Kier molecular flexibility index (Phi) is 5.45. The van der Waals surface area contributed by atoms with Crippen LogP contribution in [0.25, 0.3) is 0 Å². The van der Waals surface area contributed by atoms with Gasteiger partial charge >= 0.3 is 6.03 Å². The number of amides is 3. The molecule has 6 nitrogen and oxygen atoms in total. The Morgan fingerprint density at radius 3 is 2.54 bits per heavy atom. The molecule has 1 heterocycles. The summed E-state index contributed by atoms with van der Waals surface area (Å²) in [7, 11) is 0. The zero-order chi connectivity index (χ0) is 17.7. The Morgan fingerprint density at radius 1 is 1.29 bits per heavy atom. The summed E-state index contributed by atoms with van der Waals surface area (Å²) in [6.45, 7) is 6.37. The van der Waals surface area contributed by atoms with E-state index in [-0.39, 0.29) is 25.1 Å². The van der Waals surface area contributed by atoms with Crippen molar-refractivity contribution in [3.8, 4) is 11.8 Å². The van der Waals surface area contributed by atoms with Crippen LogP contribution in [0.15, 0.2) is 24.3 Å². The van der Waals surface area contributed by atoms with Gasteiger partial charge in [0, 0.05) is 0 Å². The molecule has 0 spiro atoms. The number of imide groups is 1. The molecule has 0 saturated carbocycles. The summed E-state index contributed by atoms with van der Waals surface area (Å²) in [5.74, 6) is 0.875. The fourth-order valence-electron chi connectivity index (χ4n) is 2.58. The number of carbonyl (C=O) groups excluding carboxylic acids is 2. The minimum Gasteiger partial charge on any atom is -0.492 e. The minimum atomic E-state index is -0.824. The van der Waals surface area contributed by atoms with Crippen LogP contribution in [0.2, 0.25) is 0 Å². The van der Waals surface area contributed by atoms with Gasteiger partial charge in [0.05, 0.1) is 18.2 Å². The molecule has 1 aromatic rings. The molecule has 1 aromatic carbocycles. The molecule has 1 aliphatic heterocycles. The molecule has 0 aliphatic carbocycles. The smallest absolute Gasteiger partial charge is 0.325 e. The lowest BCUT2D eigenvalue weighted by molar-refractivity contribution is -0.131. The molecule has 6 heteroatoms. The summed E-state index contributed by atoms with van der Waals surface area (Å²) in [4.78, 5) is 25.8. The second-order valence-corrected chi connectivity index (χ2v) is 6.64. The highest BCUT2D eigenvalue weighted by Crippen LogP contribution is 2.24. The van der Waals surface area contributed by atoms with Crippen LogP contribution in [0.3, 0.4) is 0 Å². The van der Waals surface area contributed by atoms with Crippen LogP contribution in [0.1, 0.15) is 39.2 Å². The fraction of sp³-hybridized carbons (Fsp3) is 0.500. The van der Waals surface area contributed by atoms with Gasteiger partial charge in [0.25, 0.3) is 5.91 Å². The van der Waals surface area contributed by atoms with Crippen molar-refractivity contribution in [3.63, 3.8) is 0 Å². The van der Waals surface area contributed by atoms with Crippen molar-refractivity contribution >= 4 is 11.9 Å². The average molecular weight is 329 g/mol. The second kappa shape index (κ2) is 7.35. The van der Waals surface area contributed by atoms with Crippen LogP contribution in [0.5, 0.6) is 5.75 Å². The molecule has 0 bridgehead atoms. The Bertz CT molecular complexity index is 648. The van der Waals surface area contributed by atoms with Gasteiger partial charge in [0.15, 0.2) is 0 Å². The van der Waals surface area contributed by atoms with E-state index in [2.05, 4.69) is 19.2 Å². The topological polar surface area (TPSA) is 82.4 Å². The maximum Gasteiger partial charge on any atom is 0.325 e. The summed E-state index contributed by atoms with van der Waals surface area (Å²) < 4.78 is 5.55. The van der Waals surface area contributed by atoms with Gasteiger partial charge in [-0.15, -0.1) is 0 Å². The predicted molar refractivity (Wildman–Crippen MR) is 89.4 cm³/mol. The van der Waals surface area contributed by atoms with E-state index in [0.717, 1.165) is 6.42 Å². The van der Waals surface area contributed by atoms with E-state index in [0.29, 0.717) is 23.7 Å². The van der Waals surface area contributed by atoms with Crippen LogP contribution in [-0.4, -0.2) is 35.5 Å². The zero-order valence-corrected chi connectivity index (χ0v) is 14.3. The van der Waals surface area contributed by atoms with E-state index in [9.17, 15) is 9.59 Å². The van der Waals surface area contributed by atoms with E-state index in [1.54, 1.807) is 31.2 Å². The van der Waals surface area contributed by atoms with Gasteiger partial charge in [-0.3, -0.25) is 9.69 Å². The third-order valence-corrected chi connectivity index (χ3v) is 4.13. The van der Waals surface area contributed by atoms with Crippen molar-refractivity contribution in [1.82, 2.24) is 10.2 Å². The summed E-state index contributed by atoms with van der Waals surface area (Å²) in [5, 5.41) is 11.5. The van der Waals surface area contributed by atoms with E-state index in [4.69, 9.17) is 10.00 Å². The van der Waals surface area contributed by atoms with Crippen molar-refractivity contribution < 1.29 is 14.3 Å². The largest absolute Gasteiger partial charge is 0.492 e. The quantitative estimate of drug-likeness (QED) is 0.780. The molecular formula is C18H23N3O3. The van der Waals surface area contributed by atoms with E-state index in [1.807, 2.05) is 6.07 Å². The number of nitrogens with one attached hydrogen (secondary N) is 1. The lowest BCUT2D eigenvalue weighted by Crippen LogP contribution is -2.44. The van der Waals surface area contributed by atoms with Crippen molar-refractivity contribution in [2.75, 3.05) is 13.2 Å². The molecule has 1 aliphatic rings. The zero-order valence-electron chi connectivity index (χ0n) is 14.3. The standard InChI is InChI=1S/C18H23N3O3/c1-13(2)8-9-18(3)16(22)21(17(23)20-18)10-11-24-15-6-4-14(12-19)5-7-15/h4-7,13H,8-11H2,1-3H3,(H,20,23). The number of urea groups is 1. The molecule has 0 aromatic heterocycles. The van der Waals surface area contributed by atoms with Crippen molar-refractivity contribution in [2.45, 2.75) is 39.2 Å².